The molecule has 5 heteroatoms. The van der Waals surface area contributed by atoms with Crippen LogP contribution < -0.4 is 5.32 Å². The Labute approximate surface area is 166 Å². The van der Waals surface area contributed by atoms with Gasteiger partial charge in [-0.1, -0.05) is 60.7 Å². The molecule has 3 nitrogen and oxygen atoms in total. The van der Waals surface area contributed by atoms with Gasteiger partial charge in [-0.25, -0.2) is 0 Å². The van der Waals surface area contributed by atoms with Crippen molar-refractivity contribution in [2.45, 2.75) is 57.9 Å². The van der Waals surface area contributed by atoms with Crippen molar-refractivity contribution in [3.63, 3.8) is 0 Å². The first-order valence-electron chi connectivity index (χ1n) is 9.59. The molecular weight excluding hydrogens is 369 g/mol. The number of hydrogen-bond donors (Lipinski definition) is 2. The summed E-state index contributed by atoms with van der Waals surface area (Å²) in [7, 11) is 0. The van der Waals surface area contributed by atoms with Gasteiger partial charge >= 0.3 is 5.97 Å². The summed E-state index contributed by atoms with van der Waals surface area (Å²) in [6, 6.07) is 5.64. The van der Waals surface area contributed by atoms with Crippen molar-refractivity contribution >= 4 is 29.2 Å². The molecule has 1 saturated carbocycles. The Hall–Kier alpha value is -1.03. The second-order valence-electron chi connectivity index (χ2n) is 7.14. The van der Waals surface area contributed by atoms with Gasteiger partial charge < -0.3 is 10.4 Å². The average Bonchev–Trinajstić information content (AvgIpc) is 2.81. The molecule has 0 aliphatic heterocycles. The summed E-state index contributed by atoms with van der Waals surface area (Å²) in [5, 5.41) is 13.7. The number of carboxylic acids is 1. The first-order valence-corrected chi connectivity index (χ1v) is 10.3. The highest BCUT2D eigenvalue weighted by molar-refractivity contribution is 6.35. The Kier molecular flexibility index (Phi) is 9.52. The summed E-state index contributed by atoms with van der Waals surface area (Å²) in [5.74, 6) is 0.491. The number of aliphatic carboxylic acids is 1. The topological polar surface area (TPSA) is 49.3 Å². The molecule has 1 aliphatic carbocycles. The molecule has 0 saturated heterocycles. The van der Waals surface area contributed by atoms with Gasteiger partial charge in [0.1, 0.15) is 0 Å². The zero-order valence-electron chi connectivity index (χ0n) is 15.2. The summed E-state index contributed by atoms with van der Waals surface area (Å²) >= 11 is 12.2. The van der Waals surface area contributed by atoms with Crippen molar-refractivity contribution < 1.29 is 9.90 Å². The maximum Gasteiger partial charge on any atom is 0.303 e. The summed E-state index contributed by atoms with van der Waals surface area (Å²) < 4.78 is 0. The van der Waals surface area contributed by atoms with Gasteiger partial charge in [-0.15, -0.1) is 0 Å². The molecule has 0 aromatic heterocycles. The molecule has 0 amide bonds. The van der Waals surface area contributed by atoms with Gasteiger partial charge in [0.05, 0.1) is 0 Å². The van der Waals surface area contributed by atoms with Crippen LogP contribution in [0.25, 0.3) is 0 Å². The quantitative estimate of drug-likeness (QED) is 0.301. The van der Waals surface area contributed by atoms with Crippen molar-refractivity contribution in [3.8, 4) is 0 Å². The highest BCUT2D eigenvalue weighted by Gasteiger charge is 2.21. The fraction of sp³-hybridized carbons (Fsp3) is 0.571. The minimum atomic E-state index is -0.712. The van der Waals surface area contributed by atoms with Crippen molar-refractivity contribution in [2.24, 2.45) is 11.8 Å². The van der Waals surface area contributed by atoms with E-state index in [0.717, 1.165) is 31.5 Å². The van der Waals surface area contributed by atoms with Crippen LogP contribution in [-0.4, -0.2) is 17.6 Å². The third kappa shape index (κ3) is 7.69. The van der Waals surface area contributed by atoms with Gasteiger partial charge in [-0.3, -0.25) is 4.79 Å². The van der Waals surface area contributed by atoms with E-state index in [-0.39, 0.29) is 6.42 Å². The van der Waals surface area contributed by atoms with E-state index in [0.29, 0.717) is 21.9 Å². The number of hydrogen-bond acceptors (Lipinski definition) is 2. The lowest BCUT2D eigenvalue weighted by molar-refractivity contribution is -0.137. The second-order valence-corrected chi connectivity index (χ2v) is 7.99. The van der Waals surface area contributed by atoms with E-state index in [1.54, 1.807) is 6.07 Å². The van der Waals surface area contributed by atoms with Crippen LogP contribution in [0.15, 0.2) is 30.4 Å². The number of allylic oxidation sites excluding steroid dienone is 2. The minimum Gasteiger partial charge on any atom is -0.481 e. The van der Waals surface area contributed by atoms with Crippen LogP contribution in [0.2, 0.25) is 10.0 Å². The summed E-state index contributed by atoms with van der Waals surface area (Å²) in [5.41, 5.74) is 1.07. The van der Waals surface area contributed by atoms with Crippen LogP contribution in [-0.2, 0) is 11.3 Å². The highest BCUT2D eigenvalue weighted by atomic mass is 35.5. The Balaban J connectivity index is 1.83. The third-order valence-electron chi connectivity index (χ3n) is 5.10. The van der Waals surface area contributed by atoms with Crippen LogP contribution in [0.4, 0.5) is 0 Å². The first kappa shape index (κ1) is 21.3. The van der Waals surface area contributed by atoms with E-state index in [1.807, 2.05) is 12.1 Å². The van der Waals surface area contributed by atoms with Gasteiger partial charge in [0.15, 0.2) is 0 Å². The van der Waals surface area contributed by atoms with Crippen molar-refractivity contribution in [1.82, 2.24) is 5.32 Å². The highest BCUT2D eigenvalue weighted by Crippen LogP contribution is 2.30. The molecule has 1 fully saturated rings. The van der Waals surface area contributed by atoms with Crippen LogP contribution in [0, 0.1) is 11.8 Å². The molecule has 1 aliphatic rings. The fourth-order valence-electron chi connectivity index (χ4n) is 3.62. The predicted molar refractivity (Wildman–Crippen MR) is 109 cm³/mol. The van der Waals surface area contributed by atoms with E-state index in [1.165, 1.54) is 32.1 Å². The molecular formula is C21H29Cl2NO2. The molecule has 2 atom stereocenters. The average molecular weight is 398 g/mol. The Morgan fingerprint density at radius 1 is 1.23 bits per heavy atom. The van der Waals surface area contributed by atoms with Crippen molar-refractivity contribution in [3.05, 3.63) is 46.0 Å². The monoisotopic (exact) mass is 397 g/mol. The smallest absolute Gasteiger partial charge is 0.303 e. The van der Waals surface area contributed by atoms with E-state index >= 15 is 0 Å². The molecule has 1 aromatic rings. The maximum absolute atomic E-state index is 10.6. The largest absolute Gasteiger partial charge is 0.481 e. The standard InChI is InChI=1S/C21H29Cl2NO2/c22-19-12-11-18(20(23)13-19)15-24-14-17-9-5-1-3-7-16(17)8-4-2-6-10-21(25)26/h4,8,11-13,16-17,24H,1-3,5-7,9-10,14-15H2,(H,25,26)/b8-4-/t16-,17-/m1/s1. The van der Waals surface area contributed by atoms with Gasteiger partial charge in [0.2, 0.25) is 0 Å². The Morgan fingerprint density at radius 2 is 2.04 bits per heavy atom. The number of rotatable bonds is 9. The van der Waals surface area contributed by atoms with Gasteiger partial charge in [-0.05, 0) is 61.8 Å². The lowest BCUT2D eigenvalue weighted by atomic mass is 9.87. The lowest BCUT2D eigenvalue weighted by Crippen LogP contribution is -2.27. The first-order chi connectivity index (χ1) is 12.6. The van der Waals surface area contributed by atoms with Gasteiger partial charge in [-0.2, -0.15) is 0 Å². The molecule has 0 spiro atoms. The molecule has 0 heterocycles. The molecule has 26 heavy (non-hydrogen) atoms. The van der Waals surface area contributed by atoms with Gasteiger partial charge in [0, 0.05) is 23.0 Å². The molecule has 2 rings (SSSR count). The van der Waals surface area contributed by atoms with E-state index in [2.05, 4.69) is 17.5 Å². The number of benzene rings is 1. The van der Waals surface area contributed by atoms with Crippen LogP contribution in [0.3, 0.4) is 0 Å². The molecule has 1 aromatic carbocycles. The normalized spacial score (nSPS) is 21.0. The van der Waals surface area contributed by atoms with Crippen LogP contribution >= 0.6 is 23.2 Å². The molecule has 144 valence electrons. The zero-order valence-corrected chi connectivity index (χ0v) is 16.7. The van der Waals surface area contributed by atoms with E-state index in [9.17, 15) is 4.79 Å². The molecule has 2 N–H and O–H groups in total. The van der Waals surface area contributed by atoms with Crippen LogP contribution in [0.1, 0.15) is 56.9 Å². The van der Waals surface area contributed by atoms with Crippen molar-refractivity contribution in [2.75, 3.05) is 6.54 Å². The SMILES string of the molecule is O=C(O)CCC/C=C\[C@H]1CCCCC[C@@H]1CNCc1ccc(Cl)cc1Cl. The molecule has 0 unspecified atom stereocenters. The second kappa shape index (κ2) is 11.6. The van der Waals surface area contributed by atoms with Gasteiger partial charge in [0.25, 0.3) is 0 Å². The third-order valence-corrected chi connectivity index (χ3v) is 5.69. The number of carbonyl (C=O) groups is 1. The number of halogens is 2. The number of nitrogens with one attached hydrogen (secondary N) is 1. The van der Waals surface area contributed by atoms with Crippen molar-refractivity contribution in [1.29, 1.82) is 0 Å². The molecule has 0 radical (unpaired) electrons. The molecule has 0 bridgehead atoms. The van der Waals surface area contributed by atoms with E-state index in [4.69, 9.17) is 28.3 Å². The maximum atomic E-state index is 10.6. The number of unbranched alkanes of at least 4 members (excludes halogenated alkanes) is 1. The fourth-order valence-corrected chi connectivity index (χ4v) is 4.09. The predicted octanol–water partition coefficient (Wildman–Crippen LogP) is 6.09. The summed E-state index contributed by atoms with van der Waals surface area (Å²) in [6.07, 6.45) is 12.7. The number of carboxylic acid groups (broad SMARTS) is 1. The minimum absolute atomic E-state index is 0.252. The summed E-state index contributed by atoms with van der Waals surface area (Å²) in [6.45, 7) is 1.73. The zero-order chi connectivity index (χ0) is 18.8. The lowest BCUT2D eigenvalue weighted by Gasteiger charge is -2.23. The Morgan fingerprint density at radius 3 is 2.81 bits per heavy atom. The Bertz CT molecular complexity index is 604. The van der Waals surface area contributed by atoms with Crippen LogP contribution in [0.5, 0.6) is 0 Å². The van der Waals surface area contributed by atoms with E-state index < -0.39 is 5.97 Å². The summed E-state index contributed by atoms with van der Waals surface area (Å²) in [4.78, 5) is 10.6.